The highest BCUT2D eigenvalue weighted by atomic mass is 32.1. The molecular formula is C16H19NOS. The molecule has 1 heterocycles. The van der Waals surface area contributed by atoms with Crippen LogP contribution in [0.15, 0.2) is 29.6 Å². The lowest BCUT2D eigenvalue weighted by molar-refractivity contribution is 0.0831. The molecular weight excluding hydrogens is 254 g/mol. The second-order valence-corrected chi connectivity index (χ2v) is 6.31. The Balaban J connectivity index is 1.96. The Hall–Kier alpha value is -1.19. The number of rotatable bonds is 3. The van der Waals surface area contributed by atoms with Crippen LogP contribution in [0.5, 0.6) is 0 Å². The first-order valence-corrected chi connectivity index (χ1v) is 7.89. The summed E-state index contributed by atoms with van der Waals surface area (Å²) in [5, 5.41) is 3.24. The van der Waals surface area contributed by atoms with Crippen molar-refractivity contribution in [3.63, 3.8) is 0 Å². The fraction of sp³-hybridized carbons (Fsp3) is 0.438. The standard InChI is InChI=1S/C16H19NOS/c17-10-12-4-1-2-6-13(12)15(18)14-7-3-5-11-8-9-19-16(11)14/h3,5,7-9,12-13H,1-2,4,6,10,17H2. The van der Waals surface area contributed by atoms with E-state index in [4.69, 9.17) is 5.73 Å². The van der Waals surface area contributed by atoms with E-state index in [1.54, 1.807) is 11.3 Å². The molecule has 2 atom stereocenters. The van der Waals surface area contributed by atoms with Crippen molar-refractivity contribution in [3.8, 4) is 0 Å². The van der Waals surface area contributed by atoms with Gasteiger partial charge in [-0.25, -0.2) is 0 Å². The van der Waals surface area contributed by atoms with Crippen molar-refractivity contribution in [1.82, 2.24) is 0 Å². The summed E-state index contributed by atoms with van der Waals surface area (Å²) < 4.78 is 1.13. The lowest BCUT2D eigenvalue weighted by Gasteiger charge is -2.29. The third-order valence-corrected chi connectivity index (χ3v) is 5.26. The summed E-state index contributed by atoms with van der Waals surface area (Å²) in [6, 6.07) is 8.12. The highest BCUT2D eigenvalue weighted by molar-refractivity contribution is 7.17. The van der Waals surface area contributed by atoms with E-state index in [2.05, 4.69) is 17.5 Å². The van der Waals surface area contributed by atoms with Crippen molar-refractivity contribution in [3.05, 3.63) is 35.2 Å². The molecule has 2 aromatic rings. The number of Topliss-reactive ketones (excluding diaryl/α,β-unsaturated/α-hetero) is 1. The minimum absolute atomic E-state index is 0.131. The number of benzene rings is 1. The zero-order valence-corrected chi connectivity index (χ0v) is 11.8. The maximum Gasteiger partial charge on any atom is 0.167 e. The van der Waals surface area contributed by atoms with Crippen LogP contribution in [0.4, 0.5) is 0 Å². The second-order valence-electron chi connectivity index (χ2n) is 5.40. The monoisotopic (exact) mass is 273 g/mol. The van der Waals surface area contributed by atoms with Crippen molar-refractivity contribution >= 4 is 27.2 Å². The molecule has 0 radical (unpaired) electrons. The molecule has 0 bridgehead atoms. The van der Waals surface area contributed by atoms with E-state index < -0.39 is 0 Å². The van der Waals surface area contributed by atoms with Gasteiger partial charge in [0, 0.05) is 16.2 Å². The quantitative estimate of drug-likeness (QED) is 0.863. The van der Waals surface area contributed by atoms with Gasteiger partial charge in [0.2, 0.25) is 0 Å². The van der Waals surface area contributed by atoms with Crippen molar-refractivity contribution in [1.29, 1.82) is 0 Å². The van der Waals surface area contributed by atoms with Gasteiger partial charge in [-0.05, 0) is 48.2 Å². The van der Waals surface area contributed by atoms with Gasteiger partial charge in [0.15, 0.2) is 5.78 Å². The molecule has 2 nitrogen and oxygen atoms in total. The molecule has 100 valence electrons. The van der Waals surface area contributed by atoms with Gasteiger partial charge in [-0.1, -0.05) is 25.0 Å². The van der Waals surface area contributed by atoms with E-state index in [9.17, 15) is 4.79 Å². The Morgan fingerprint density at radius 2 is 2.11 bits per heavy atom. The van der Waals surface area contributed by atoms with E-state index in [-0.39, 0.29) is 5.92 Å². The summed E-state index contributed by atoms with van der Waals surface area (Å²) in [7, 11) is 0. The van der Waals surface area contributed by atoms with Crippen molar-refractivity contribution in [2.75, 3.05) is 6.54 Å². The minimum atomic E-state index is 0.131. The van der Waals surface area contributed by atoms with Crippen LogP contribution in [0.3, 0.4) is 0 Å². The van der Waals surface area contributed by atoms with Crippen LogP contribution in [0.2, 0.25) is 0 Å². The van der Waals surface area contributed by atoms with Gasteiger partial charge in [-0.15, -0.1) is 11.3 Å². The molecule has 1 aromatic carbocycles. The van der Waals surface area contributed by atoms with Crippen LogP contribution in [0.1, 0.15) is 36.0 Å². The van der Waals surface area contributed by atoms with E-state index in [0.717, 1.165) is 29.5 Å². The third-order valence-electron chi connectivity index (χ3n) is 4.29. The molecule has 3 heteroatoms. The molecule has 1 aromatic heterocycles. The Morgan fingerprint density at radius 3 is 2.95 bits per heavy atom. The van der Waals surface area contributed by atoms with Crippen LogP contribution in [-0.2, 0) is 0 Å². The number of ketones is 1. The minimum Gasteiger partial charge on any atom is -0.330 e. The predicted molar refractivity (Wildman–Crippen MR) is 80.7 cm³/mol. The molecule has 0 saturated heterocycles. The maximum atomic E-state index is 12.8. The summed E-state index contributed by atoms with van der Waals surface area (Å²) in [6.07, 6.45) is 4.48. The summed E-state index contributed by atoms with van der Waals surface area (Å²) in [6.45, 7) is 0.636. The highest BCUT2D eigenvalue weighted by Gasteiger charge is 2.31. The Morgan fingerprint density at radius 1 is 1.26 bits per heavy atom. The van der Waals surface area contributed by atoms with Gasteiger partial charge >= 0.3 is 0 Å². The fourth-order valence-electron chi connectivity index (χ4n) is 3.22. The molecule has 2 unspecified atom stereocenters. The van der Waals surface area contributed by atoms with E-state index in [1.165, 1.54) is 11.8 Å². The van der Waals surface area contributed by atoms with Crippen LogP contribution in [0, 0.1) is 11.8 Å². The third kappa shape index (κ3) is 2.33. The van der Waals surface area contributed by atoms with E-state index >= 15 is 0 Å². The van der Waals surface area contributed by atoms with Crippen molar-refractivity contribution < 1.29 is 4.79 Å². The number of carbonyl (C=O) groups excluding carboxylic acids is 1. The molecule has 19 heavy (non-hydrogen) atoms. The van der Waals surface area contributed by atoms with Crippen LogP contribution in [-0.4, -0.2) is 12.3 Å². The molecule has 3 rings (SSSR count). The summed E-state index contributed by atoms with van der Waals surface area (Å²) >= 11 is 1.66. The van der Waals surface area contributed by atoms with Gasteiger partial charge in [0.1, 0.15) is 0 Å². The normalized spacial score (nSPS) is 23.6. The first-order chi connectivity index (χ1) is 9.31. The zero-order valence-electron chi connectivity index (χ0n) is 11.0. The Labute approximate surface area is 117 Å². The number of thiophene rings is 1. The van der Waals surface area contributed by atoms with Crippen molar-refractivity contribution in [2.24, 2.45) is 17.6 Å². The number of hydrogen-bond donors (Lipinski definition) is 1. The van der Waals surface area contributed by atoms with E-state index in [1.807, 2.05) is 12.1 Å². The molecule has 1 aliphatic carbocycles. The molecule has 0 aliphatic heterocycles. The largest absolute Gasteiger partial charge is 0.330 e. The van der Waals surface area contributed by atoms with Crippen LogP contribution >= 0.6 is 11.3 Å². The Bertz CT molecular complexity index is 589. The predicted octanol–water partition coefficient (Wildman–Crippen LogP) is 3.85. The maximum absolute atomic E-state index is 12.8. The summed E-state index contributed by atoms with van der Waals surface area (Å²) in [5.74, 6) is 0.811. The number of carbonyl (C=O) groups is 1. The molecule has 1 fully saturated rings. The van der Waals surface area contributed by atoms with Crippen LogP contribution in [0.25, 0.3) is 10.1 Å². The van der Waals surface area contributed by atoms with Gasteiger partial charge < -0.3 is 5.73 Å². The topological polar surface area (TPSA) is 43.1 Å². The number of hydrogen-bond acceptors (Lipinski definition) is 3. The number of nitrogens with two attached hydrogens (primary N) is 1. The van der Waals surface area contributed by atoms with Crippen LogP contribution < -0.4 is 5.73 Å². The van der Waals surface area contributed by atoms with Gasteiger partial charge in [-0.3, -0.25) is 4.79 Å². The Kier molecular flexibility index (Phi) is 3.67. The van der Waals surface area contributed by atoms with Gasteiger partial charge in [-0.2, -0.15) is 0 Å². The summed E-state index contributed by atoms with van der Waals surface area (Å²) in [5.41, 5.74) is 6.75. The average molecular weight is 273 g/mol. The zero-order chi connectivity index (χ0) is 13.2. The first-order valence-electron chi connectivity index (χ1n) is 7.01. The van der Waals surface area contributed by atoms with Crippen molar-refractivity contribution in [2.45, 2.75) is 25.7 Å². The SMILES string of the molecule is NCC1CCCCC1C(=O)c1cccc2ccsc12. The molecule has 0 amide bonds. The van der Waals surface area contributed by atoms with Gasteiger partial charge in [0.25, 0.3) is 0 Å². The summed E-state index contributed by atoms with van der Waals surface area (Å²) in [4.78, 5) is 12.8. The average Bonchev–Trinajstić information content (AvgIpc) is 2.94. The smallest absolute Gasteiger partial charge is 0.167 e. The fourth-order valence-corrected chi connectivity index (χ4v) is 4.14. The lowest BCUT2D eigenvalue weighted by Crippen LogP contribution is -2.32. The first kappa shape index (κ1) is 12.8. The van der Waals surface area contributed by atoms with E-state index in [0.29, 0.717) is 18.2 Å². The molecule has 0 spiro atoms. The highest BCUT2D eigenvalue weighted by Crippen LogP contribution is 2.34. The molecule has 2 N–H and O–H groups in total. The second kappa shape index (κ2) is 5.43. The van der Waals surface area contributed by atoms with Gasteiger partial charge in [0.05, 0.1) is 0 Å². The molecule has 1 saturated carbocycles. The lowest BCUT2D eigenvalue weighted by atomic mass is 9.75. The molecule has 1 aliphatic rings. The number of fused-ring (bicyclic) bond motifs is 1.